The number of carbonyl (C=O) groups excluding carboxylic acids is 2. The summed E-state index contributed by atoms with van der Waals surface area (Å²) in [7, 11) is 1.61. The van der Waals surface area contributed by atoms with Gasteiger partial charge in [0.25, 0.3) is 11.8 Å². The van der Waals surface area contributed by atoms with Gasteiger partial charge in [-0.05, 0) is 61.4 Å². The van der Waals surface area contributed by atoms with Gasteiger partial charge in [0.05, 0.1) is 0 Å². The van der Waals surface area contributed by atoms with Crippen molar-refractivity contribution in [3.05, 3.63) is 82.0 Å². The number of hydrogen-bond acceptors (Lipinski definition) is 4. The summed E-state index contributed by atoms with van der Waals surface area (Å²) < 4.78 is 11.0. The fourth-order valence-corrected chi connectivity index (χ4v) is 3.18. The number of fused-ring (bicyclic) bond motifs is 1. The Morgan fingerprint density at radius 1 is 1.16 bits per heavy atom. The van der Waals surface area contributed by atoms with Gasteiger partial charge in [-0.1, -0.05) is 29.8 Å². The molecule has 7 heteroatoms. The van der Waals surface area contributed by atoms with Crippen LogP contribution in [0.2, 0.25) is 5.02 Å². The summed E-state index contributed by atoms with van der Waals surface area (Å²) in [6.07, 6.45) is 3.99. The van der Waals surface area contributed by atoms with Crippen molar-refractivity contribution in [3.63, 3.8) is 0 Å². The summed E-state index contributed by atoms with van der Waals surface area (Å²) in [5, 5.41) is 6.07. The molecule has 31 heavy (non-hydrogen) atoms. The van der Waals surface area contributed by atoms with Gasteiger partial charge < -0.3 is 20.1 Å². The van der Waals surface area contributed by atoms with Crippen LogP contribution in [0.3, 0.4) is 0 Å². The van der Waals surface area contributed by atoms with Crippen LogP contribution < -0.4 is 15.4 Å². The Balaban J connectivity index is 1.86. The Bertz CT molecular complexity index is 999. The molecule has 2 aromatic carbocycles. The van der Waals surface area contributed by atoms with Crippen molar-refractivity contribution in [2.45, 2.75) is 19.4 Å². The summed E-state index contributed by atoms with van der Waals surface area (Å²) in [5.74, 6) is -0.00590. The van der Waals surface area contributed by atoms with E-state index in [1.807, 2.05) is 37.3 Å². The highest BCUT2D eigenvalue weighted by Gasteiger charge is 2.21. The first-order valence-corrected chi connectivity index (χ1v) is 10.4. The van der Waals surface area contributed by atoms with Gasteiger partial charge in [-0.25, -0.2) is 0 Å². The highest BCUT2D eigenvalue weighted by atomic mass is 35.5. The lowest BCUT2D eigenvalue weighted by Crippen LogP contribution is -2.36. The number of halogens is 1. The maximum atomic E-state index is 12.8. The molecular weight excluding hydrogens is 416 g/mol. The minimum Gasteiger partial charge on any atom is -0.485 e. The first-order chi connectivity index (χ1) is 15.0. The van der Waals surface area contributed by atoms with E-state index in [1.165, 1.54) is 0 Å². The number of carbonyl (C=O) groups is 2. The maximum absolute atomic E-state index is 12.8. The molecule has 2 N–H and O–H groups in total. The Morgan fingerprint density at radius 3 is 2.65 bits per heavy atom. The third-order valence-corrected chi connectivity index (χ3v) is 4.99. The Morgan fingerprint density at radius 2 is 1.90 bits per heavy atom. The molecule has 0 saturated carbocycles. The number of hydrogen-bond donors (Lipinski definition) is 2. The third-order valence-electron chi connectivity index (χ3n) is 4.74. The van der Waals surface area contributed by atoms with Gasteiger partial charge in [0.1, 0.15) is 17.6 Å². The van der Waals surface area contributed by atoms with E-state index in [4.69, 9.17) is 21.1 Å². The van der Waals surface area contributed by atoms with Crippen LogP contribution in [0.1, 0.15) is 29.3 Å². The fraction of sp³-hybridized carbons (Fsp3) is 0.250. The number of methoxy groups -OCH3 is 1. The van der Waals surface area contributed by atoms with Gasteiger partial charge in [0.15, 0.2) is 0 Å². The van der Waals surface area contributed by atoms with Crippen LogP contribution in [0.4, 0.5) is 0 Å². The molecule has 162 valence electrons. The predicted octanol–water partition coefficient (Wildman–Crippen LogP) is 3.97. The molecule has 0 radical (unpaired) electrons. The van der Waals surface area contributed by atoms with Crippen LogP contribution in [-0.4, -0.2) is 38.2 Å². The molecule has 0 spiro atoms. The van der Waals surface area contributed by atoms with Crippen LogP contribution >= 0.6 is 11.6 Å². The molecule has 0 aliphatic carbocycles. The second-order valence-electron chi connectivity index (χ2n) is 7.06. The molecule has 1 aliphatic heterocycles. The quantitative estimate of drug-likeness (QED) is 0.481. The average Bonchev–Trinajstić information content (AvgIpc) is 2.77. The second kappa shape index (κ2) is 10.8. The lowest BCUT2D eigenvalue weighted by Gasteiger charge is -2.23. The highest BCUT2D eigenvalue weighted by Crippen LogP contribution is 2.30. The predicted molar refractivity (Wildman–Crippen MR) is 121 cm³/mol. The monoisotopic (exact) mass is 440 g/mol. The van der Waals surface area contributed by atoms with E-state index in [0.29, 0.717) is 30.2 Å². The van der Waals surface area contributed by atoms with E-state index in [0.717, 1.165) is 16.9 Å². The van der Waals surface area contributed by atoms with E-state index < -0.39 is 5.91 Å². The highest BCUT2D eigenvalue weighted by molar-refractivity contribution is 6.30. The van der Waals surface area contributed by atoms with Crippen LogP contribution in [0.25, 0.3) is 6.08 Å². The SMILES string of the molecule is COCCCNC(=O)/C(=C/C1=Cc2ccccc2O[C@H]1C)NC(=O)c1ccc(Cl)cc1. The minimum absolute atomic E-state index is 0.137. The van der Waals surface area contributed by atoms with Gasteiger partial charge in [-0.15, -0.1) is 0 Å². The van der Waals surface area contributed by atoms with Crippen molar-refractivity contribution in [1.29, 1.82) is 0 Å². The van der Waals surface area contributed by atoms with E-state index in [-0.39, 0.29) is 17.7 Å². The fourth-order valence-electron chi connectivity index (χ4n) is 3.06. The van der Waals surface area contributed by atoms with Crippen LogP contribution in [-0.2, 0) is 9.53 Å². The van der Waals surface area contributed by atoms with Crippen molar-refractivity contribution < 1.29 is 19.1 Å². The molecule has 2 amide bonds. The van der Waals surface area contributed by atoms with Gasteiger partial charge in [0.2, 0.25) is 0 Å². The first kappa shape index (κ1) is 22.6. The lowest BCUT2D eigenvalue weighted by atomic mass is 10.0. The number of rotatable bonds is 8. The Kier molecular flexibility index (Phi) is 7.87. The maximum Gasteiger partial charge on any atom is 0.267 e. The number of para-hydroxylation sites is 1. The molecule has 3 rings (SSSR count). The van der Waals surface area contributed by atoms with Crippen molar-refractivity contribution >= 4 is 29.5 Å². The third kappa shape index (κ3) is 6.20. The number of amides is 2. The van der Waals surface area contributed by atoms with E-state index in [2.05, 4.69) is 10.6 Å². The van der Waals surface area contributed by atoms with Gasteiger partial charge in [-0.2, -0.15) is 0 Å². The topological polar surface area (TPSA) is 76.7 Å². The normalized spacial score (nSPS) is 15.4. The molecule has 1 heterocycles. The molecule has 0 fully saturated rings. The zero-order valence-corrected chi connectivity index (χ0v) is 18.2. The van der Waals surface area contributed by atoms with Crippen LogP contribution in [0, 0.1) is 0 Å². The van der Waals surface area contributed by atoms with Crippen molar-refractivity contribution in [2.75, 3.05) is 20.3 Å². The summed E-state index contributed by atoms with van der Waals surface area (Å²) in [6, 6.07) is 14.1. The minimum atomic E-state index is -0.402. The molecule has 1 atom stereocenters. The summed E-state index contributed by atoms with van der Waals surface area (Å²) in [6.45, 7) is 2.85. The summed E-state index contributed by atoms with van der Waals surface area (Å²) >= 11 is 5.90. The molecular formula is C24H25ClN2O4. The second-order valence-corrected chi connectivity index (χ2v) is 7.50. The van der Waals surface area contributed by atoms with E-state index in [1.54, 1.807) is 37.5 Å². The smallest absolute Gasteiger partial charge is 0.267 e. The molecule has 0 saturated heterocycles. The number of benzene rings is 2. The Labute approximate surface area is 186 Å². The van der Waals surface area contributed by atoms with E-state index in [9.17, 15) is 9.59 Å². The number of nitrogens with one attached hydrogen (secondary N) is 2. The zero-order chi connectivity index (χ0) is 22.2. The first-order valence-electron chi connectivity index (χ1n) is 10.0. The average molecular weight is 441 g/mol. The van der Waals surface area contributed by atoms with Gasteiger partial charge in [-0.3, -0.25) is 9.59 Å². The molecule has 0 unspecified atom stereocenters. The number of ether oxygens (including phenoxy) is 2. The van der Waals surface area contributed by atoms with Crippen molar-refractivity contribution in [3.8, 4) is 5.75 Å². The molecule has 0 aromatic heterocycles. The summed E-state index contributed by atoms with van der Waals surface area (Å²) in [5.41, 5.74) is 2.22. The van der Waals surface area contributed by atoms with E-state index >= 15 is 0 Å². The molecule has 6 nitrogen and oxygen atoms in total. The molecule has 1 aliphatic rings. The van der Waals surface area contributed by atoms with Gasteiger partial charge in [0, 0.05) is 36.4 Å². The largest absolute Gasteiger partial charge is 0.485 e. The molecule has 2 aromatic rings. The zero-order valence-electron chi connectivity index (χ0n) is 17.5. The van der Waals surface area contributed by atoms with Crippen LogP contribution in [0.5, 0.6) is 5.75 Å². The Hall–Kier alpha value is -3.09. The van der Waals surface area contributed by atoms with Crippen molar-refractivity contribution in [1.82, 2.24) is 10.6 Å². The van der Waals surface area contributed by atoms with Crippen molar-refractivity contribution in [2.24, 2.45) is 0 Å². The summed E-state index contributed by atoms with van der Waals surface area (Å²) in [4.78, 5) is 25.6. The standard InChI is InChI=1S/C24H25ClN2O4/c1-16-19(14-18-6-3-4-7-22(18)31-16)15-21(24(29)26-12-5-13-30-2)27-23(28)17-8-10-20(25)11-9-17/h3-4,6-11,14-16H,5,12-13H2,1-2H3,(H,26,29)(H,27,28)/b21-15-/t16-/m0/s1. The molecule has 0 bridgehead atoms. The van der Waals surface area contributed by atoms with Gasteiger partial charge >= 0.3 is 0 Å². The van der Waals surface area contributed by atoms with Crippen LogP contribution in [0.15, 0.2) is 65.9 Å². The lowest BCUT2D eigenvalue weighted by molar-refractivity contribution is -0.117.